The number of carbonyl (C=O) groups is 1. The van der Waals surface area contributed by atoms with E-state index >= 15 is 0 Å². The highest BCUT2D eigenvalue weighted by molar-refractivity contribution is 5.78. The first-order chi connectivity index (χ1) is 14.3. The lowest BCUT2D eigenvalue weighted by atomic mass is 10.2. The Morgan fingerprint density at radius 1 is 1.30 bits per heavy atom. The minimum absolute atomic E-state index is 0.0495. The lowest BCUT2D eigenvalue weighted by molar-refractivity contribution is -0.137. The van der Waals surface area contributed by atoms with Gasteiger partial charge in [0, 0.05) is 37.9 Å². The van der Waals surface area contributed by atoms with E-state index in [4.69, 9.17) is 4.74 Å². The number of carbonyl (C=O) groups excluding carboxylic acids is 1. The van der Waals surface area contributed by atoms with Crippen molar-refractivity contribution in [2.45, 2.75) is 32.4 Å². The van der Waals surface area contributed by atoms with Crippen molar-refractivity contribution in [1.82, 2.24) is 14.9 Å². The van der Waals surface area contributed by atoms with Crippen LogP contribution < -0.4 is 15.4 Å². The molecule has 1 saturated heterocycles. The average Bonchev–Trinajstić information content (AvgIpc) is 3.11. The molecule has 0 unspecified atom stereocenters. The third-order valence-electron chi connectivity index (χ3n) is 4.84. The van der Waals surface area contributed by atoms with Gasteiger partial charge in [0.25, 0.3) is 0 Å². The molecule has 2 aromatic rings. The van der Waals surface area contributed by atoms with E-state index in [1.807, 2.05) is 6.92 Å². The van der Waals surface area contributed by atoms with Crippen LogP contribution in [-0.2, 0) is 11.0 Å². The predicted molar refractivity (Wildman–Crippen MR) is 107 cm³/mol. The maximum atomic E-state index is 13.4. The molecule has 1 aromatic carbocycles. The number of nitrogens with zero attached hydrogens (tertiary/aromatic N) is 3. The van der Waals surface area contributed by atoms with Crippen LogP contribution in [0.1, 0.15) is 30.4 Å². The molecule has 1 amide bonds. The van der Waals surface area contributed by atoms with Crippen LogP contribution in [0.4, 0.5) is 30.6 Å². The van der Waals surface area contributed by atoms with Crippen LogP contribution in [0.3, 0.4) is 0 Å². The first kappa shape index (κ1) is 21.7. The lowest BCUT2D eigenvalue weighted by Gasteiger charge is -2.17. The summed E-state index contributed by atoms with van der Waals surface area (Å²) in [5, 5.41) is 5.69. The second-order valence-corrected chi connectivity index (χ2v) is 7.02. The van der Waals surface area contributed by atoms with Crippen molar-refractivity contribution in [3.63, 3.8) is 0 Å². The average molecular weight is 423 g/mol. The van der Waals surface area contributed by atoms with Crippen molar-refractivity contribution < 1.29 is 22.7 Å². The van der Waals surface area contributed by atoms with Crippen LogP contribution in [-0.4, -0.2) is 47.5 Å². The Labute approximate surface area is 172 Å². The maximum Gasteiger partial charge on any atom is 0.421 e. The van der Waals surface area contributed by atoms with Crippen LogP contribution in [0.5, 0.6) is 5.75 Å². The zero-order chi connectivity index (χ0) is 21.7. The third kappa shape index (κ3) is 5.31. The van der Waals surface area contributed by atoms with Gasteiger partial charge in [0.15, 0.2) is 0 Å². The predicted octanol–water partition coefficient (Wildman–Crippen LogP) is 3.98. The number of benzene rings is 1. The first-order valence-corrected chi connectivity index (χ1v) is 9.65. The maximum absolute atomic E-state index is 13.4. The summed E-state index contributed by atoms with van der Waals surface area (Å²) in [6, 6.07) is 5.28. The van der Waals surface area contributed by atoms with E-state index in [1.165, 1.54) is 0 Å². The normalized spacial score (nSPS) is 14.2. The second-order valence-electron chi connectivity index (χ2n) is 7.02. The van der Waals surface area contributed by atoms with Crippen LogP contribution in [0.2, 0.25) is 0 Å². The Bertz CT molecular complexity index is 904. The Morgan fingerprint density at radius 2 is 2.10 bits per heavy atom. The molecule has 0 spiro atoms. The topological polar surface area (TPSA) is 79.4 Å². The number of likely N-dealkylation sites (tertiary alicyclic amines) is 1. The molecule has 0 radical (unpaired) electrons. The largest absolute Gasteiger partial charge is 0.497 e. The first-order valence-electron chi connectivity index (χ1n) is 9.65. The van der Waals surface area contributed by atoms with Gasteiger partial charge in [-0.3, -0.25) is 4.79 Å². The van der Waals surface area contributed by atoms with Gasteiger partial charge in [0.05, 0.1) is 7.11 Å². The molecule has 10 heteroatoms. The summed E-state index contributed by atoms with van der Waals surface area (Å²) in [6.07, 6.45) is -1.93. The summed E-state index contributed by atoms with van der Waals surface area (Å²) in [4.78, 5) is 21.2. The van der Waals surface area contributed by atoms with Gasteiger partial charge >= 0.3 is 6.18 Å². The van der Waals surface area contributed by atoms with E-state index in [0.29, 0.717) is 37.4 Å². The number of alkyl halides is 3. The zero-order valence-corrected chi connectivity index (χ0v) is 16.8. The molecule has 0 aliphatic carbocycles. The summed E-state index contributed by atoms with van der Waals surface area (Å²) in [5.74, 6) is 0.520. The molecule has 1 aliphatic heterocycles. The van der Waals surface area contributed by atoms with E-state index in [2.05, 4.69) is 20.6 Å². The van der Waals surface area contributed by atoms with Crippen molar-refractivity contribution in [2.75, 3.05) is 37.4 Å². The number of methoxy groups -OCH3 is 1. The van der Waals surface area contributed by atoms with Gasteiger partial charge in [0.1, 0.15) is 17.1 Å². The fourth-order valence-corrected chi connectivity index (χ4v) is 3.23. The number of ether oxygens (including phenoxy) is 1. The SMILES string of the molecule is COc1ccc(Nc2ncc(C(F)(F)F)c(NCCCN3CCCC3=O)n2)c(C)c1. The van der Waals surface area contributed by atoms with Gasteiger partial charge < -0.3 is 20.3 Å². The van der Waals surface area contributed by atoms with E-state index in [1.54, 1.807) is 30.2 Å². The summed E-state index contributed by atoms with van der Waals surface area (Å²) < 4.78 is 45.2. The van der Waals surface area contributed by atoms with Gasteiger partial charge in [-0.2, -0.15) is 18.2 Å². The summed E-state index contributed by atoms with van der Waals surface area (Å²) in [7, 11) is 1.55. The van der Waals surface area contributed by atoms with E-state index < -0.39 is 11.7 Å². The van der Waals surface area contributed by atoms with Crippen LogP contribution >= 0.6 is 0 Å². The van der Waals surface area contributed by atoms with Gasteiger partial charge in [0.2, 0.25) is 11.9 Å². The fraction of sp³-hybridized carbons (Fsp3) is 0.450. The monoisotopic (exact) mass is 423 g/mol. The van der Waals surface area contributed by atoms with Gasteiger partial charge in [-0.15, -0.1) is 0 Å². The summed E-state index contributed by atoms with van der Waals surface area (Å²) in [6.45, 7) is 3.31. The number of anilines is 3. The molecule has 1 aliphatic rings. The van der Waals surface area contributed by atoms with Crippen molar-refractivity contribution in [1.29, 1.82) is 0 Å². The lowest BCUT2D eigenvalue weighted by Crippen LogP contribution is -2.27. The van der Waals surface area contributed by atoms with Crippen molar-refractivity contribution in [3.8, 4) is 5.75 Å². The van der Waals surface area contributed by atoms with Gasteiger partial charge in [-0.1, -0.05) is 0 Å². The van der Waals surface area contributed by atoms with Crippen molar-refractivity contribution >= 4 is 23.4 Å². The molecule has 2 heterocycles. The molecule has 0 atom stereocenters. The number of nitrogens with one attached hydrogen (secondary N) is 2. The summed E-state index contributed by atoms with van der Waals surface area (Å²) in [5.41, 5.74) is 0.563. The van der Waals surface area contributed by atoms with Crippen molar-refractivity contribution in [2.24, 2.45) is 0 Å². The third-order valence-corrected chi connectivity index (χ3v) is 4.84. The Kier molecular flexibility index (Phi) is 6.63. The van der Waals surface area contributed by atoms with Crippen LogP contribution in [0.15, 0.2) is 24.4 Å². The Morgan fingerprint density at radius 3 is 2.73 bits per heavy atom. The number of aryl methyl sites for hydroxylation is 1. The molecule has 1 fully saturated rings. The zero-order valence-electron chi connectivity index (χ0n) is 16.8. The number of amides is 1. The molecule has 30 heavy (non-hydrogen) atoms. The number of aromatic nitrogens is 2. The fourth-order valence-electron chi connectivity index (χ4n) is 3.23. The van der Waals surface area contributed by atoms with Gasteiger partial charge in [-0.05, 0) is 43.5 Å². The molecule has 1 aromatic heterocycles. The minimum Gasteiger partial charge on any atom is -0.497 e. The Hall–Kier alpha value is -3.04. The Balaban J connectivity index is 1.71. The molecule has 0 saturated carbocycles. The van der Waals surface area contributed by atoms with Gasteiger partial charge in [-0.25, -0.2) is 4.98 Å². The quantitative estimate of drug-likeness (QED) is 0.626. The molecular weight excluding hydrogens is 399 g/mol. The smallest absolute Gasteiger partial charge is 0.421 e. The summed E-state index contributed by atoms with van der Waals surface area (Å²) >= 11 is 0. The molecule has 7 nitrogen and oxygen atoms in total. The van der Waals surface area contributed by atoms with E-state index in [0.717, 1.165) is 18.2 Å². The van der Waals surface area contributed by atoms with Crippen LogP contribution in [0, 0.1) is 6.92 Å². The molecule has 2 N–H and O–H groups in total. The molecule has 0 bridgehead atoms. The number of hydrogen-bond acceptors (Lipinski definition) is 6. The second kappa shape index (κ2) is 9.19. The van der Waals surface area contributed by atoms with Crippen LogP contribution in [0.25, 0.3) is 0 Å². The highest BCUT2D eigenvalue weighted by Crippen LogP contribution is 2.34. The molecular formula is C20H24F3N5O2. The van der Waals surface area contributed by atoms with Crippen molar-refractivity contribution in [3.05, 3.63) is 35.5 Å². The number of rotatable bonds is 8. The number of hydrogen-bond donors (Lipinski definition) is 2. The molecule has 3 rings (SSSR count). The van der Waals surface area contributed by atoms with E-state index in [9.17, 15) is 18.0 Å². The molecule has 162 valence electrons. The highest BCUT2D eigenvalue weighted by Gasteiger charge is 2.35. The standard InChI is InChI=1S/C20H24F3N5O2/c1-13-11-14(30-2)6-7-16(13)26-19-25-12-15(20(21,22)23)18(27-19)24-8-4-10-28-9-3-5-17(28)29/h6-7,11-12H,3-5,8-10H2,1-2H3,(H2,24,25,26,27). The minimum atomic E-state index is -4.58. The number of halogens is 3. The highest BCUT2D eigenvalue weighted by atomic mass is 19.4. The van der Waals surface area contributed by atoms with E-state index in [-0.39, 0.29) is 24.2 Å².